The van der Waals surface area contributed by atoms with Crippen LogP contribution in [-0.4, -0.2) is 25.3 Å². The molecule has 0 unspecified atom stereocenters. The first kappa shape index (κ1) is 20.6. The third kappa shape index (κ3) is 5.01. The molecule has 2 aromatic carbocycles. The third-order valence-electron chi connectivity index (χ3n) is 4.60. The molecule has 0 saturated heterocycles. The molecular formula is C21H25ClN4OS. The number of aromatic nitrogens is 3. The molecule has 0 aliphatic carbocycles. The fraction of sp³-hybridized carbons (Fsp3) is 0.333. The van der Waals surface area contributed by atoms with Crippen molar-refractivity contribution in [2.75, 3.05) is 0 Å². The average molecular weight is 417 g/mol. The van der Waals surface area contributed by atoms with Crippen molar-refractivity contribution >= 4 is 23.8 Å². The van der Waals surface area contributed by atoms with E-state index in [1.807, 2.05) is 40.6 Å². The fourth-order valence-electron chi connectivity index (χ4n) is 2.84. The Kier molecular flexibility index (Phi) is 6.88. The Morgan fingerprint density at radius 3 is 2.46 bits per heavy atom. The molecule has 0 amide bonds. The zero-order chi connectivity index (χ0) is 20.1. The summed E-state index contributed by atoms with van der Waals surface area (Å²) in [6.07, 6.45) is 0. The van der Waals surface area contributed by atoms with Crippen molar-refractivity contribution in [2.45, 2.75) is 39.7 Å². The van der Waals surface area contributed by atoms with Gasteiger partial charge >= 0.3 is 0 Å². The first-order chi connectivity index (χ1) is 13.5. The number of hydrogen-bond donors (Lipinski definition) is 0. The summed E-state index contributed by atoms with van der Waals surface area (Å²) in [5.74, 6) is 1.39. The van der Waals surface area contributed by atoms with Crippen molar-refractivity contribution < 1.29 is 4.74 Å². The number of hydrogen-bond acceptors (Lipinski definition) is 4. The van der Waals surface area contributed by atoms with E-state index in [0.29, 0.717) is 34.9 Å². The minimum absolute atomic E-state index is 0.303. The van der Waals surface area contributed by atoms with Crippen molar-refractivity contribution in [1.82, 2.24) is 19.2 Å². The molecule has 0 saturated carbocycles. The minimum Gasteiger partial charge on any atom is -0.484 e. The molecule has 3 aromatic rings. The van der Waals surface area contributed by atoms with Gasteiger partial charge in [0.1, 0.15) is 12.4 Å². The molecule has 0 fully saturated rings. The highest BCUT2D eigenvalue weighted by atomic mass is 35.5. The van der Waals surface area contributed by atoms with Gasteiger partial charge in [0.05, 0.1) is 11.7 Å². The molecule has 1 aromatic heterocycles. The van der Waals surface area contributed by atoms with Crippen molar-refractivity contribution in [1.29, 1.82) is 0 Å². The van der Waals surface area contributed by atoms with E-state index in [1.54, 1.807) is 6.07 Å². The molecular weight excluding hydrogens is 392 g/mol. The highest BCUT2D eigenvalue weighted by Crippen LogP contribution is 2.24. The smallest absolute Gasteiger partial charge is 0.198 e. The molecule has 0 bridgehead atoms. The highest BCUT2D eigenvalue weighted by Gasteiger charge is 2.15. The summed E-state index contributed by atoms with van der Waals surface area (Å²) >= 11 is 11.8. The standard InChI is InChI=1S/C21H25ClN4OS/c1-16(2)25(13-17-9-5-4-6-10-17)15-26-21(28)24(3)20(23-26)14-27-19-12-8-7-11-18(19)22/h4-12,16H,13-15H2,1-3H3. The Hall–Kier alpha value is -2.15. The number of halogens is 1. The van der Waals surface area contributed by atoms with Crippen molar-refractivity contribution in [3.8, 4) is 5.75 Å². The average Bonchev–Trinajstić information content (AvgIpc) is 2.95. The molecule has 0 aliphatic heterocycles. The van der Waals surface area contributed by atoms with Crippen LogP contribution in [0.2, 0.25) is 5.02 Å². The SMILES string of the molecule is CC(C)N(Cc1ccccc1)Cn1nc(COc2ccccc2Cl)n(C)c1=S. The molecule has 0 radical (unpaired) electrons. The molecule has 0 aliphatic rings. The molecule has 3 rings (SSSR count). The molecule has 148 valence electrons. The number of para-hydroxylation sites is 1. The van der Waals surface area contributed by atoms with E-state index in [1.165, 1.54) is 5.56 Å². The zero-order valence-electron chi connectivity index (χ0n) is 16.4. The van der Waals surface area contributed by atoms with Gasteiger partial charge < -0.3 is 9.30 Å². The second-order valence-electron chi connectivity index (χ2n) is 6.94. The first-order valence-corrected chi connectivity index (χ1v) is 10.0. The maximum absolute atomic E-state index is 6.16. The van der Waals surface area contributed by atoms with Crippen LogP contribution < -0.4 is 4.74 Å². The van der Waals surface area contributed by atoms with Crippen LogP contribution in [0.5, 0.6) is 5.75 Å². The Morgan fingerprint density at radius 1 is 1.11 bits per heavy atom. The molecule has 28 heavy (non-hydrogen) atoms. The van der Waals surface area contributed by atoms with Gasteiger partial charge in [0.25, 0.3) is 0 Å². The van der Waals surface area contributed by atoms with Gasteiger partial charge in [0.2, 0.25) is 0 Å². The lowest BCUT2D eigenvalue weighted by atomic mass is 10.2. The van der Waals surface area contributed by atoms with E-state index in [-0.39, 0.29) is 0 Å². The van der Waals surface area contributed by atoms with Gasteiger partial charge in [-0.3, -0.25) is 4.90 Å². The van der Waals surface area contributed by atoms with Crippen LogP contribution in [0.4, 0.5) is 0 Å². The van der Waals surface area contributed by atoms with Crippen molar-refractivity contribution in [2.24, 2.45) is 7.05 Å². The van der Waals surface area contributed by atoms with E-state index in [4.69, 9.17) is 28.6 Å². The maximum atomic E-state index is 6.16. The quantitative estimate of drug-likeness (QED) is 0.481. The first-order valence-electron chi connectivity index (χ1n) is 9.23. The van der Waals surface area contributed by atoms with E-state index in [2.05, 4.69) is 48.1 Å². The van der Waals surface area contributed by atoms with E-state index < -0.39 is 0 Å². The number of rotatable bonds is 8. The normalized spacial score (nSPS) is 11.4. The number of benzene rings is 2. The van der Waals surface area contributed by atoms with Crippen LogP contribution in [0.3, 0.4) is 0 Å². The topological polar surface area (TPSA) is 35.2 Å². The molecule has 7 heteroatoms. The van der Waals surface area contributed by atoms with E-state index in [9.17, 15) is 0 Å². The lowest BCUT2D eigenvalue weighted by Gasteiger charge is -2.26. The summed E-state index contributed by atoms with van der Waals surface area (Å²) in [5, 5.41) is 5.26. The number of ether oxygens (including phenoxy) is 1. The summed E-state index contributed by atoms with van der Waals surface area (Å²) in [6, 6.07) is 18.2. The third-order valence-corrected chi connectivity index (χ3v) is 5.40. The zero-order valence-corrected chi connectivity index (χ0v) is 18.0. The second kappa shape index (κ2) is 9.37. The largest absolute Gasteiger partial charge is 0.484 e. The monoisotopic (exact) mass is 416 g/mol. The Morgan fingerprint density at radius 2 is 1.79 bits per heavy atom. The molecule has 5 nitrogen and oxygen atoms in total. The van der Waals surface area contributed by atoms with Gasteiger partial charge in [-0.1, -0.05) is 54.1 Å². The Labute approximate surface area is 176 Å². The fourth-order valence-corrected chi connectivity index (χ4v) is 3.23. The van der Waals surface area contributed by atoms with Crippen molar-refractivity contribution in [3.05, 3.63) is 75.8 Å². The van der Waals surface area contributed by atoms with Gasteiger partial charge in [0.15, 0.2) is 10.6 Å². The predicted octanol–water partition coefficient (Wildman–Crippen LogP) is 5.05. The van der Waals surface area contributed by atoms with Gasteiger partial charge in [-0.05, 0) is 43.8 Å². The predicted molar refractivity (Wildman–Crippen MR) is 115 cm³/mol. The highest BCUT2D eigenvalue weighted by molar-refractivity contribution is 7.71. The summed E-state index contributed by atoms with van der Waals surface area (Å²) in [6.45, 7) is 6.11. The van der Waals surface area contributed by atoms with Gasteiger partial charge in [-0.15, -0.1) is 0 Å². The van der Waals surface area contributed by atoms with Crippen LogP contribution in [0.15, 0.2) is 54.6 Å². The second-order valence-corrected chi connectivity index (χ2v) is 7.72. The molecule has 0 N–H and O–H groups in total. The van der Waals surface area contributed by atoms with Gasteiger partial charge in [-0.2, -0.15) is 5.10 Å². The lowest BCUT2D eigenvalue weighted by molar-refractivity contribution is 0.152. The minimum atomic E-state index is 0.303. The van der Waals surface area contributed by atoms with E-state index in [0.717, 1.165) is 12.4 Å². The van der Waals surface area contributed by atoms with Crippen LogP contribution in [0, 0.1) is 4.77 Å². The molecule has 0 spiro atoms. The van der Waals surface area contributed by atoms with Crippen LogP contribution in [0.25, 0.3) is 0 Å². The van der Waals surface area contributed by atoms with Gasteiger partial charge in [-0.25, -0.2) is 4.68 Å². The molecule has 0 atom stereocenters. The maximum Gasteiger partial charge on any atom is 0.198 e. The molecule has 1 heterocycles. The number of nitrogens with zero attached hydrogens (tertiary/aromatic N) is 4. The van der Waals surface area contributed by atoms with Gasteiger partial charge in [0, 0.05) is 19.6 Å². The van der Waals surface area contributed by atoms with Crippen LogP contribution in [0.1, 0.15) is 25.2 Å². The Balaban J connectivity index is 1.74. The Bertz CT molecular complexity index is 968. The summed E-state index contributed by atoms with van der Waals surface area (Å²) in [4.78, 5) is 2.33. The van der Waals surface area contributed by atoms with Crippen molar-refractivity contribution in [3.63, 3.8) is 0 Å². The summed E-state index contributed by atoms with van der Waals surface area (Å²) in [7, 11) is 1.91. The van der Waals surface area contributed by atoms with E-state index >= 15 is 0 Å². The van der Waals surface area contributed by atoms with Crippen LogP contribution >= 0.6 is 23.8 Å². The lowest BCUT2D eigenvalue weighted by Crippen LogP contribution is -2.33. The summed E-state index contributed by atoms with van der Waals surface area (Å²) in [5.41, 5.74) is 1.26. The van der Waals surface area contributed by atoms with Crippen LogP contribution in [-0.2, 0) is 26.9 Å². The summed E-state index contributed by atoms with van der Waals surface area (Å²) < 4.78 is 10.2.